The largest absolute Gasteiger partial charge is 0.485 e. The van der Waals surface area contributed by atoms with E-state index in [9.17, 15) is 9.90 Å². The zero-order valence-electron chi connectivity index (χ0n) is 12.5. The Hall–Kier alpha value is -2.81. The van der Waals surface area contributed by atoms with E-state index < -0.39 is 5.97 Å². The molecule has 3 nitrogen and oxygen atoms in total. The zero-order valence-corrected chi connectivity index (χ0v) is 12.5. The Kier molecular flexibility index (Phi) is 3.27. The molecule has 4 rings (SSSR count). The summed E-state index contributed by atoms with van der Waals surface area (Å²) in [6.45, 7) is 0. The van der Waals surface area contributed by atoms with Crippen LogP contribution in [0.2, 0.25) is 0 Å². The highest BCUT2D eigenvalue weighted by Crippen LogP contribution is 2.40. The maximum Gasteiger partial charge on any atom is 0.336 e. The van der Waals surface area contributed by atoms with Crippen molar-refractivity contribution < 1.29 is 14.6 Å². The van der Waals surface area contributed by atoms with E-state index in [1.54, 1.807) is 12.1 Å². The quantitative estimate of drug-likeness (QED) is 0.752. The number of ether oxygens (including phenoxy) is 1. The van der Waals surface area contributed by atoms with E-state index in [1.165, 1.54) is 5.56 Å². The van der Waals surface area contributed by atoms with Crippen LogP contribution in [0, 0.1) is 0 Å². The van der Waals surface area contributed by atoms with Gasteiger partial charge < -0.3 is 9.84 Å². The molecule has 0 saturated carbocycles. The first-order valence-electron chi connectivity index (χ1n) is 7.73. The Labute approximate surface area is 134 Å². The molecule has 0 unspecified atom stereocenters. The van der Waals surface area contributed by atoms with Crippen molar-refractivity contribution in [3.8, 4) is 5.75 Å². The maximum absolute atomic E-state index is 11.5. The Morgan fingerprint density at radius 3 is 2.65 bits per heavy atom. The second kappa shape index (κ2) is 5.43. The molecule has 0 aromatic heterocycles. The molecule has 0 saturated heterocycles. The van der Waals surface area contributed by atoms with Gasteiger partial charge in [-0.25, -0.2) is 4.79 Å². The highest BCUT2D eigenvalue weighted by atomic mass is 16.5. The lowest BCUT2D eigenvalue weighted by Crippen LogP contribution is -2.18. The van der Waals surface area contributed by atoms with Gasteiger partial charge in [0.05, 0.1) is 5.56 Å². The summed E-state index contributed by atoms with van der Waals surface area (Å²) in [6, 6.07) is 19.5. The fourth-order valence-electron chi connectivity index (χ4n) is 3.30. The molecule has 0 bridgehead atoms. The minimum atomic E-state index is -0.909. The standard InChI is InChI=1S/C20H16O3/c21-20(22)17-8-4-3-7-16(17)18-12-11-14-10-9-13-5-1-2-6-15(13)19(14)23-18/h1-10,18H,11-12H2,(H,21,22)/t18-/m1/s1. The van der Waals surface area contributed by atoms with E-state index in [-0.39, 0.29) is 6.10 Å². The molecule has 1 heterocycles. The van der Waals surface area contributed by atoms with Crippen molar-refractivity contribution in [2.24, 2.45) is 0 Å². The number of fused-ring (bicyclic) bond motifs is 3. The van der Waals surface area contributed by atoms with Crippen molar-refractivity contribution in [2.45, 2.75) is 18.9 Å². The molecule has 3 heteroatoms. The first-order valence-corrected chi connectivity index (χ1v) is 7.73. The molecule has 0 aliphatic carbocycles. The first-order chi connectivity index (χ1) is 11.2. The second-order valence-electron chi connectivity index (χ2n) is 5.81. The lowest BCUT2D eigenvalue weighted by Gasteiger charge is -2.28. The van der Waals surface area contributed by atoms with Gasteiger partial charge in [0.1, 0.15) is 11.9 Å². The molecule has 1 aliphatic rings. The van der Waals surface area contributed by atoms with Crippen molar-refractivity contribution in [1.82, 2.24) is 0 Å². The van der Waals surface area contributed by atoms with Crippen molar-refractivity contribution in [1.29, 1.82) is 0 Å². The van der Waals surface area contributed by atoms with Crippen LogP contribution in [0.15, 0.2) is 60.7 Å². The third-order valence-electron chi connectivity index (χ3n) is 4.44. The lowest BCUT2D eigenvalue weighted by atomic mass is 9.92. The first kappa shape index (κ1) is 13.8. The van der Waals surface area contributed by atoms with E-state index >= 15 is 0 Å². The zero-order chi connectivity index (χ0) is 15.8. The molecule has 1 atom stereocenters. The summed E-state index contributed by atoms with van der Waals surface area (Å²) in [5.74, 6) is -0.0209. The van der Waals surface area contributed by atoms with Gasteiger partial charge in [-0.05, 0) is 29.9 Å². The predicted molar refractivity (Wildman–Crippen MR) is 89.0 cm³/mol. The molecule has 1 aliphatic heterocycles. The molecule has 0 spiro atoms. The minimum Gasteiger partial charge on any atom is -0.485 e. The summed E-state index contributed by atoms with van der Waals surface area (Å²) in [5.41, 5.74) is 2.26. The van der Waals surface area contributed by atoms with Crippen LogP contribution in [0.3, 0.4) is 0 Å². The molecule has 1 N–H and O–H groups in total. The SMILES string of the molecule is O=C(O)c1ccccc1[C@H]1CCc2ccc3ccccc3c2O1. The van der Waals surface area contributed by atoms with E-state index in [4.69, 9.17) is 4.74 Å². The van der Waals surface area contributed by atoms with Crippen LogP contribution in [0.1, 0.15) is 34.0 Å². The van der Waals surface area contributed by atoms with Crippen LogP contribution < -0.4 is 4.74 Å². The smallest absolute Gasteiger partial charge is 0.336 e. The van der Waals surface area contributed by atoms with Gasteiger partial charge in [0, 0.05) is 10.9 Å². The van der Waals surface area contributed by atoms with Gasteiger partial charge in [-0.3, -0.25) is 0 Å². The molecule has 0 radical (unpaired) electrons. The van der Waals surface area contributed by atoms with Crippen LogP contribution in [0.4, 0.5) is 0 Å². The van der Waals surface area contributed by atoms with Crippen molar-refractivity contribution in [3.63, 3.8) is 0 Å². The summed E-state index contributed by atoms with van der Waals surface area (Å²) in [5, 5.41) is 11.6. The topological polar surface area (TPSA) is 46.5 Å². The molecule has 23 heavy (non-hydrogen) atoms. The van der Waals surface area contributed by atoms with E-state index in [0.717, 1.165) is 34.9 Å². The monoisotopic (exact) mass is 304 g/mol. The average Bonchev–Trinajstić information content (AvgIpc) is 2.61. The molecular formula is C20H16O3. The number of carboxylic acids is 1. The summed E-state index contributed by atoms with van der Waals surface area (Å²) < 4.78 is 6.26. The van der Waals surface area contributed by atoms with Gasteiger partial charge >= 0.3 is 5.97 Å². The number of hydrogen-bond acceptors (Lipinski definition) is 2. The molecule has 0 fully saturated rings. The van der Waals surface area contributed by atoms with Crippen LogP contribution in [0.5, 0.6) is 5.75 Å². The molecule has 3 aromatic carbocycles. The Morgan fingerprint density at radius 1 is 1.00 bits per heavy atom. The summed E-state index contributed by atoms with van der Waals surface area (Å²) in [6.07, 6.45) is 1.45. The fraction of sp³-hybridized carbons (Fsp3) is 0.150. The van der Waals surface area contributed by atoms with Gasteiger partial charge in [-0.1, -0.05) is 54.6 Å². The Balaban J connectivity index is 1.80. The predicted octanol–water partition coefficient (Wildman–Crippen LogP) is 4.60. The maximum atomic E-state index is 11.5. The number of carbonyl (C=O) groups is 1. The van der Waals surface area contributed by atoms with Crippen LogP contribution in [0.25, 0.3) is 10.8 Å². The summed E-state index contributed by atoms with van der Waals surface area (Å²) >= 11 is 0. The normalized spacial score (nSPS) is 16.6. The number of benzene rings is 3. The third kappa shape index (κ3) is 2.34. The molecule has 114 valence electrons. The summed E-state index contributed by atoms with van der Waals surface area (Å²) in [7, 11) is 0. The van der Waals surface area contributed by atoms with Crippen LogP contribution >= 0.6 is 0 Å². The third-order valence-corrected chi connectivity index (χ3v) is 4.44. The Bertz CT molecular complexity index is 898. The average molecular weight is 304 g/mol. The summed E-state index contributed by atoms with van der Waals surface area (Å²) in [4.78, 5) is 11.5. The second-order valence-corrected chi connectivity index (χ2v) is 5.81. The van der Waals surface area contributed by atoms with Crippen molar-refractivity contribution in [2.75, 3.05) is 0 Å². The highest BCUT2D eigenvalue weighted by molar-refractivity contribution is 5.91. The van der Waals surface area contributed by atoms with Gasteiger partial charge in [0.15, 0.2) is 0 Å². The molecule has 0 amide bonds. The van der Waals surface area contributed by atoms with Crippen molar-refractivity contribution >= 4 is 16.7 Å². The number of hydrogen-bond donors (Lipinski definition) is 1. The number of rotatable bonds is 2. The number of aryl methyl sites for hydroxylation is 1. The van der Waals surface area contributed by atoms with Gasteiger partial charge in [0.2, 0.25) is 0 Å². The lowest BCUT2D eigenvalue weighted by molar-refractivity contribution is 0.0689. The van der Waals surface area contributed by atoms with Crippen LogP contribution in [-0.2, 0) is 6.42 Å². The number of aromatic carboxylic acids is 1. The molecule has 3 aromatic rings. The van der Waals surface area contributed by atoms with E-state index in [1.807, 2.05) is 24.3 Å². The van der Waals surface area contributed by atoms with E-state index in [2.05, 4.69) is 24.3 Å². The molecular weight excluding hydrogens is 288 g/mol. The van der Waals surface area contributed by atoms with Gasteiger partial charge in [0.25, 0.3) is 0 Å². The minimum absolute atomic E-state index is 0.222. The van der Waals surface area contributed by atoms with Gasteiger partial charge in [-0.15, -0.1) is 0 Å². The fourth-order valence-corrected chi connectivity index (χ4v) is 3.30. The Morgan fingerprint density at radius 2 is 1.78 bits per heavy atom. The van der Waals surface area contributed by atoms with Crippen LogP contribution in [-0.4, -0.2) is 11.1 Å². The van der Waals surface area contributed by atoms with E-state index in [0.29, 0.717) is 5.56 Å². The highest BCUT2D eigenvalue weighted by Gasteiger charge is 2.26. The van der Waals surface area contributed by atoms with Crippen molar-refractivity contribution in [3.05, 3.63) is 77.4 Å². The number of carboxylic acid groups (broad SMARTS) is 1. The van der Waals surface area contributed by atoms with Gasteiger partial charge in [-0.2, -0.15) is 0 Å².